The van der Waals surface area contributed by atoms with Gasteiger partial charge < -0.3 is 10.1 Å². The van der Waals surface area contributed by atoms with Gasteiger partial charge >= 0.3 is 6.09 Å². The lowest BCUT2D eigenvalue weighted by molar-refractivity contribution is -0.119. The normalized spacial score (nSPS) is 12.4. The summed E-state index contributed by atoms with van der Waals surface area (Å²) < 4.78 is 20.4. The first kappa shape index (κ1) is 18.4. The van der Waals surface area contributed by atoms with Gasteiger partial charge in [-0.05, 0) is 45.9 Å². The van der Waals surface area contributed by atoms with Gasteiger partial charge in [0, 0.05) is 5.69 Å². The second-order valence-corrected chi connectivity index (χ2v) is 6.36. The van der Waals surface area contributed by atoms with Crippen molar-refractivity contribution in [1.82, 2.24) is 14.8 Å². The molecule has 1 atom stereocenters. The zero-order valence-corrected chi connectivity index (χ0v) is 14.4. The minimum Gasteiger partial charge on any atom is -0.444 e. The molecule has 0 fully saturated rings. The quantitative estimate of drug-likeness (QED) is 0.884. The first-order valence-corrected chi connectivity index (χ1v) is 7.60. The van der Waals surface area contributed by atoms with Crippen molar-refractivity contribution in [1.29, 1.82) is 0 Å². The summed E-state index contributed by atoms with van der Waals surface area (Å²) >= 11 is 0. The summed E-state index contributed by atoms with van der Waals surface area (Å²) in [4.78, 5) is 27.7. The molecule has 0 aliphatic carbocycles. The Labute approximate surface area is 144 Å². The highest BCUT2D eigenvalue weighted by atomic mass is 19.1. The van der Waals surface area contributed by atoms with Crippen LogP contribution in [-0.4, -0.2) is 32.4 Å². The topological polar surface area (TPSA) is 98.1 Å². The number of benzene rings is 1. The van der Waals surface area contributed by atoms with E-state index in [9.17, 15) is 14.0 Å². The lowest BCUT2D eigenvalue weighted by atomic mass is 10.2. The van der Waals surface area contributed by atoms with Crippen molar-refractivity contribution in [3.8, 4) is 0 Å². The fraction of sp³-hybridized carbons (Fsp3) is 0.375. The summed E-state index contributed by atoms with van der Waals surface area (Å²) in [5, 5.41) is 8.82. The van der Waals surface area contributed by atoms with Gasteiger partial charge in [-0.2, -0.15) is 5.10 Å². The SMILES string of the molecule is CC(C(=O)Nc1cc(NC(=O)OC(C)(C)C)ccc1F)n1cncn1. The van der Waals surface area contributed by atoms with Crippen LogP contribution >= 0.6 is 0 Å². The van der Waals surface area contributed by atoms with Gasteiger partial charge in [0.05, 0.1) is 5.69 Å². The molecule has 0 aliphatic heterocycles. The van der Waals surface area contributed by atoms with Crippen molar-refractivity contribution in [3.05, 3.63) is 36.7 Å². The van der Waals surface area contributed by atoms with E-state index in [0.717, 1.165) is 6.07 Å². The van der Waals surface area contributed by atoms with Crippen LogP contribution in [0.3, 0.4) is 0 Å². The van der Waals surface area contributed by atoms with Crippen molar-refractivity contribution in [2.45, 2.75) is 39.3 Å². The van der Waals surface area contributed by atoms with Crippen LogP contribution in [0, 0.1) is 5.82 Å². The third-order valence-electron chi connectivity index (χ3n) is 3.08. The molecular weight excluding hydrogens is 329 g/mol. The van der Waals surface area contributed by atoms with E-state index in [1.807, 2.05) is 0 Å². The van der Waals surface area contributed by atoms with Crippen LogP contribution in [-0.2, 0) is 9.53 Å². The van der Waals surface area contributed by atoms with Crippen LogP contribution in [0.25, 0.3) is 0 Å². The molecule has 0 saturated carbocycles. The van der Waals surface area contributed by atoms with E-state index in [-0.39, 0.29) is 5.69 Å². The van der Waals surface area contributed by atoms with Gasteiger partial charge in [-0.1, -0.05) is 0 Å². The van der Waals surface area contributed by atoms with E-state index < -0.39 is 29.5 Å². The lowest BCUT2D eigenvalue weighted by Gasteiger charge is -2.20. The molecule has 8 nitrogen and oxygen atoms in total. The maximum Gasteiger partial charge on any atom is 0.412 e. The molecule has 0 spiro atoms. The standard InChI is InChI=1S/C16H20FN5O3/c1-10(22-9-18-8-19-22)14(23)21-13-7-11(5-6-12(13)17)20-15(24)25-16(2,3)4/h5-10H,1-4H3,(H,20,24)(H,21,23). The minimum absolute atomic E-state index is 0.0643. The minimum atomic E-state index is -0.677. The number of carbonyl (C=O) groups excluding carboxylic acids is 2. The zero-order chi connectivity index (χ0) is 18.6. The van der Waals surface area contributed by atoms with E-state index in [1.165, 1.54) is 29.5 Å². The van der Waals surface area contributed by atoms with Crippen molar-refractivity contribution in [2.24, 2.45) is 0 Å². The van der Waals surface area contributed by atoms with Gasteiger partial charge in [-0.3, -0.25) is 10.1 Å². The number of aromatic nitrogens is 3. The number of ether oxygens (including phenoxy) is 1. The third kappa shape index (κ3) is 5.27. The molecule has 2 aromatic rings. The molecule has 134 valence electrons. The number of rotatable bonds is 4. The molecule has 2 rings (SSSR count). The summed E-state index contributed by atoms with van der Waals surface area (Å²) in [7, 11) is 0. The summed E-state index contributed by atoms with van der Waals surface area (Å²) in [6.45, 7) is 6.79. The zero-order valence-electron chi connectivity index (χ0n) is 14.4. The van der Waals surface area contributed by atoms with Gasteiger partial charge in [0.1, 0.15) is 30.1 Å². The van der Waals surface area contributed by atoms with Crippen LogP contribution in [0.4, 0.5) is 20.6 Å². The van der Waals surface area contributed by atoms with E-state index in [4.69, 9.17) is 4.74 Å². The molecule has 1 unspecified atom stereocenters. The fourth-order valence-electron chi connectivity index (χ4n) is 1.89. The maximum absolute atomic E-state index is 14.0. The average molecular weight is 349 g/mol. The number of halogens is 1. The van der Waals surface area contributed by atoms with E-state index >= 15 is 0 Å². The number of nitrogens with one attached hydrogen (secondary N) is 2. The average Bonchev–Trinajstić information content (AvgIpc) is 3.02. The van der Waals surface area contributed by atoms with Crippen molar-refractivity contribution >= 4 is 23.4 Å². The van der Waals surface area contributed by atoms with Crippen molar-refractivity contribution < 1.29 is 18.7 Å². The lowest BCUT2D eigenvalue weighted by Crippen LogP contribution is -2.27. The molecule has 0 bridgehead atoms. The highest BCUT2D eigenvalue weighted by Gasteiger charge is 2.19. The molecule has 25 heavy (non-hydrogen) atoms. The number of carbonyl (C=O) groups is 2. The molecule has 0 aliphatic rings. The van der Waals surface area contributed by atoms with Crippen LogP contribution in [0.15, 0.2) is 30.9 Å². The van der Waals surface area contributed by atoms with Gasteiger partial charge in [0.15, 0.2) is 0 Å². The highest BCUT2D eigenvalue weighted by Crippen LogP contribution is 2.21. The van der Waals surface area contributed by atoms with Crippen LogP contribution in [0.1, 0.15) is 33.7 Å². The molecule has 0 radical (unpaired) electrons. The number of nitrogens with zero attached hydrogens (tertiary/aromatic N) is 3. The van der Waals surface area contributed by atoms with Crippen molar-refractivity contribution in [2.75, 3.05) is 10.6 Å². The van der Waals surface area contributed by atoms with Crippen LogP contribution in [0.5, 0.6) is 0 Å². The largest absolute Gasteiger partial charge is 0.444 e. The van der Waals surface area contributed by atoms with Crippen LogP contribution in [0.2, 0.25) is 0 Å². The number of amides is 2. The summed E-state index contributed by atoms with van der Waals surface area (Å²) in [5.41, 5.74) is -0.432. The Morgan fingerprint density at radius 2 is 2.00 bits per heavy atom. The Bertz CT molecular complexity index is 756. The molecule has 2 N–H and O–H groups in total. The Kier molecular flexibility index (Phi) is 5.35. The number of anilines is 2. The maximum atomic E-state index is 14.0. The number of hydrogen-bond acceptors (Lipinski definition) is 5. The van der Waals surface area contributed by atoms with Gasteiger partial charge in [-0.25, -0.2) is 18.9 Å². The number of hydrogen-bond donors (Lipinski definition) is 2. The summed E-state index contributed by atoms with van der Waals surface area (Å²) in [5.74, 6) is -1.10. The first-order chi connectivity index (χ1) is 11.7. The third-order valence-corrected chi connectivity index (χ3v) is 3.08. The molecule has 9 heteroatoms. The predicted molar refractivity (Wildman–Crippen MR) is 89.6 cm³/mol. The molecule has 1 aromatic carbocycles. The molecule has 2 amide bonds. The smallest absolute Gasteiger partial charge is 0.412 e. The molecular formula is C16H20FN5O3. The van der Waals surface area contributed by atoms with E-state index in [1.54, 1.807) is 27.7 Å². The van der Waals surface area contributed by atoms with E-state index in [0.29, 0.717) is 5.69 Å². The van der Waals surface area contributed by atoms with Gasteiger partial charge in [0.2, 0.25) is 5.91 Å². The predicted octanol–water partition coefficient (Wildman–Crippen LogP) is 2.96. The summed E-state index contributed by atoms with van der Waals surface area (Å²) in [6, 6.07) is 3.15. The van der Waals surface area contributed by atoms with Gasteiger partial charge in [0.25, 0.3) is 0 Å². The Morgan fingerprint density at radius 3 is 2.60 bits per heavy atom. The second kappa shape index (κ2) is 7.29. The summed E-state index contributed by atoms with van der Waals surface area (Å²) in [6.07, 6.45) is 2.02. The van der Waals surface area contributed by atoms with Gasteiger partial charge in [-0.15, -0.1) is 0 Å². The fourth-order valence-corrected chi connectivity index (χ4v) is 1.89. The van der Waals surface area contributed by atoms with Crippen LogP contribution < -0.4 is 10.6 Å². The Balaban J connectivity index is 2.08. The Hall–Kier alpha value is -2.97. The van der Waals surface area contributed by atoms with E-state index in [2.05, 4.69) is 20.7 Å². The monoisotopic (exact) mass is 349 g/mol. The molecule has 1 aromatic heterocycles. The Morgan fingerprint density at radius 1 is 1.28 bits per heavy atom. The second-order valence-electron chi connectivity index (χ2n) is 6.36. The molecule has 0 saturated heterocycles. The van der Waals surface area contributed by atoms with Crippen molar-refractivity contribution in [3.63, 3.8) is 0 Å². The molecule has 1 heterocycles. The highest BCUT2D eigenvalue weighted by molar-refractivity contribution is 5.94. The first-order valence-electron chi connectivity index (χ1n) is 7.60.